The van der Waals surface area contributed by atoms with E-state index in [1.807, 2.05) is 6.92 Å². The molecular weight excluding hydrogens is 228 g/mol. The number of nitrogens with one attached hydrogen (secondary N) is 1. The Morgan fingerprint density at radius 2 is 2.31 bits per heavy atom. The van der Waals surface area contributed by atoms with Gasteiger partial charge in [0, 0.05) is 13.6 Å². The molecule has 1 rings (SSSR count). The quantitative estimate of drug-likeness (QED) is 0.840. The summed E-state index contributed by atoms with van der Waals surface area (Å²) in [7, 11) is 1.77. The Balaban J connectivity index is 2.52. The van der Waals surface area contributed by atoms with Crippen LogP contribution in [0.5, 0.6) is 0 Å². The van der Waals surface area contributed by atoms with Crippen molar-refractivity contribution in [1.29, 1.82) is 0 Å². The van der Waals surface area contributed by atoms with Gasteiger partial charge >= 0.3 is 0 Å². The molecule has 16 heavy (non-hydrogen) atoms. The first-order chi connectivity index (χ1) is 7.63. The van der Waals surface area contributed by atoms with Crippen molar-refractivity contribution in [3.05, 3.63) is 17.5 Å². The minimum absolute atomic E-state index is 0.0360. The van der Waals surface area contributed by atoms with Crippen molar-refractivity contribution < 1.29 is 4.79 Å². The number of carbonyl (C=O) groups is 1. The van der Waals surface area contributed by atoms with Crippen molar-refractivity contribution in [3.8, 4) is 0 Å². The van der Waals surface area contributed by atoms with Crippen LogP contribution < -0.4 is 10.2 Å². The minimum atomic E-state index is -0.0360. The Labute approximate surface area is 99.8 Å². The molecule has 1 aromatic rings. The molecule has 0 saturated heterocycles. The zero-order chi connectivity index (χ0) is 12.0. The van der Waals surface area contributed by atoms with Gasteiger partial charge in [0.15, 0.2) is 0 Å². The lowest BCUT2D eigenvalue weighted by molar-refractivity contribution is -0.119. The summed E-state index contributed by atoms with van der Waals surface area (Å²) in [5, 5.41) is 3.10. The predicted molar refractivity (Wildman–Crippen MR) is 63.6 cm³/mol. The van der Waals surface area contributed by atoms with Gasteiger partial charge in [-0.25, -0.2) is 4.98 Å². The van der Waals surface area contributed by atoms with Crippen molar-refractivity contribution >= 4 is 23.3 Å². The third kappa shape index (κ3) is 4.02. The summed E-state index contributed by atoms with van der Waals surface area (Å²) in [5.74, 6) is 0.547. The molecule has 0 atom stereocenters. The van der Waals surface area contributed by atoms with Gasteiger partial charge < -0.3 is 10.2 Å². The van der Waals surface area contributed by atoms with Crippen LogP contribution >= 0.6 is 11.6 Å². The molecule has 88 valence electrons. The zero-order valence-electron chi connectivity index (χ0n) is 9.40. The molecular formula is C10H15ClN4O. The molecule has 1 aromatic heterocycles. The molecule has 0 saturated carbocycles. The third-order valence-electron chi connectivity index (χ3n) is 1.94. The highest BCUT2D eigenvalue weighted by atomic mass is 35.5. The lowest BCUT2D eigenvalue weighted by Crippen LogP contribution is -2.35. The Kier molecular flexibility index (Phi) is 4.98. The maximum absolute atomic E-state index is 11.4. The fourth-order valence-electron chi connectivity index (χ4n) is 1.13. The molecule has 6 heteroatoms. The van der Waals surface area contributed by atoms with E-state index in [2.05, 4.69) is 15.3 Å². The summed E-state index contributed by atoms with van der Waals surface area (Å²) in [6, 6.07) is 0. The van der Waals surface area contributed by atoms with Crippen molar-refractivity contribution in [2.75, 3.05) is 25.0 Å². The topological polar surface area (TPSA) is 58.1 Å². The number of amides is 1. The van der Waals surface area contributed by atoms with Gasteiger partial charge in [-0.15, -0.1) is 0 Å². The second-order valence-electron chi connectivity index (χ2n) is 3.41. The van der Waals surface area contributed by atoms with Crippen LogP contribution in [0.25, 0.3) is 0 Å². The van der Waals surface area contributed by atoms with Crippen LogP contribution in [-0.4, -0.2) is 36.0 Å². The molecule has 1 amide bonds. The van der Waals surface area contributed by atoms with Crippen LogP contribution in [0.15, 0.2) is 12.4 Å². The van der Waals surface area contributed by atoms with Crippen LogP contribution in [0, 0.1) is 0 Å². The highest BCUT2D eigenvalue weighted by molar-refractivity contribution is 6.29. The standard InChI is InChI=1S/C10H15ClN4O/c1-3-4-13-10(16)7-15(2)9-6-12-5-8(11)14-9/h5-6H,3-4,7H2,1-2H3,(H,13,16). The molecule has 0 bridgehead atoms. The van der Waals surface area contributed by atoms with E-state index < -0.39 is 0 Å². The fourth-order valence-corrected chi connectivity index (χ4v) is 1.28. The van der Waals surface area contributed by atoms with E-state index in [-0.39, 0.29) is 12.5 Å². The summed E-state index contributed by atoms with van der Waals surface area (Å²) in [6.07, 6.45) is 3.95. The summed E-state index contributed by atoms with van der Waals surface area (Å²) >= 11 is 5.71. The molecule has 5 nitrogen and oxygen atoms in total. The van der Waals surface area contributed by atoms with E-state index in [9.17, 15) is 4.79 Å². The average Bonchev–Trinajstić information content (AvgIpc) is 2.26. The molecule has 0 aliphatic heterocycles. The molecule has 1 heterocycles. The van der Waals surface area contributed by atoms with Crippen molar-refractivity contribution in [2.45, 2.75) is 13.3 Å². The van der Waals surface area contributed by atoms with E-state index in [0.29, 0.717) is 17.5 Å². The first-order valence-electron chi connectivity index (χ1n) is 5.09. The number of aromatic nitrogens is 2. The van der Waals surface area contributed by atoms with Gasteiger partial charge in [0.1, 0.15) is 11.0 Å². The second-order valence-corrected chi connectivity index (χ2v) is 3.79. The Morgan fingerprint density at radius 1 is 1.56 bits per heavy atom. The Morgan fingerprint density at radius 3 is 2.94 bits per heavy atom. The van der Waals surface area contributed by atoms with Gasteiger partial charge in [-0.05, 0) is 6.42 Å². The number of anilines is 1. The summed E-state index contributed by atoms with van der Waals surface area (Å²) in [5.41, 5.74) is 0. The molecule has 0 radical (unpaired) electrons. The van der Waals surface area contributed by atoms with Gasteiger partial charge in [-0.2, -0.15) is 0 Å². The number of nitrogens with zero attached hydrogens (tertiary/aromatic N) is 3. The van der Waals surface area contributed by atoms with Crippen LogP contribution in [-0.2, 0) is 4.79 Å². The third-order valence-corrected chi connectivity index (χ3v) is 2.12. The maximum Gasteiger partial charge on any atom is 0.239 e. The van der Waals surface area contributed by atoms with Gasteiger partial charge in [0.2, 0.25) is 5.91 Å². The van der Waals surface area contributed by atoms with Crippen LogP contribution in [0.3, 0.4) is 0 Å². The molecule has 0 aliphatic carbocycles. The summed E-state index contributed by atoms with van der Waals surface area (Å²) in [6.45, 7) is 2.94. The van der Waals surface area contributed by atoms with Gasteiger partial charge in [0.25, 0.3) is 0 Å². The van der Waals surface area contributed by atoms with Gasteiger partial charge in [-0.1, -0.05) is 18.5 Å². The van der Waals surface area contributed by atoms with E-state index >= 15 is 0 Å². The van der Waals surface area contributed by atoms with Gasteiger partial charge in [-0.3, -0.25) is 9.78 Å². The van der Waals surface area contributed by atoms with Crippen LogP contribution in [0.1, 0.15) is 13.3 Å². The predicted octanol–water partition coefficient (Wildman–Crippen LogP) is 1.09. The molecule has 0 unspecified atom stereocenters. The van der Waals surface area contributed by atoms with Crippen molar-refractivity contribution in [3.63, 3.8) is 0 Å². The second kappa shape index (κ2) is 6.27. The number of halogens is 1. The lowest BCUT2D eigenvalue weighted by atomic mass is 10.4. The fraction of sp³-hybridized carbons (Fsp3) is 0.500. The first kappa shape index (κ1) is 12.7. The number of rotatable bonds is 5. The number of hydrogen-bond donors (Lipinski definition) is 1. The van der Waals surface area contributed by atoms with Gasteiger partial charge in [0.05, 0.1) is 18.9 Å². The van der Waals surface area contributed by atoms with E-state index in [4.69, 9.17) is 11.6 Å². The summed E-state index contributed by atoms with van der Waals surface area (Å²) < 4.78 is 0. The smallest absolute Gasteiger partial charge is 0.239 e. The van der Waals surface area contributed by atoms with Crippen LogP contribution in [0.4, 0.5) is 5.82 Å². The Hall–Kier alpha value is -1.36. The molecule has 0 spiro atoms. The zero-order valence-corrected chi connectivity index (χ0v) is 10.2. The lowest BCUT2D eigenvalue weighted by Gasteiger charge is -2.16. The van der Waals surface area contributed by atoms with E-state index in [1.54, 1.807) is 18.1 Å². The monoisotopic (exact) mass is 242 g/mol. The largest absolute Gasteiger partial charge is 0.355 e. The number of carbonyl (C=O) groups excluding carboxylic acids is 1. The Bertz CT molecular complexity index is 358. The van der Waals surface area contributed by atoms with E-state index in [0.717, 1.165) is 6.42 Å². The highest BCUT2D eigenvalue weighted by Gasteiger charge is 2.08. The first-order valence-corrected chi connectivity index (χ1v) is 5.46. The summed E-state index contributed by atoms with van der Waals surface area (Å²) in [4.78, 5) is 21.1. The molecule has 0 fully saturated rings. The number of likely N-dealkylation sites (N-methyl/N-ethyl adjacent to an activating group) is 1. The normalized spacial score (nSPS) is 9.94. The average molecular weight is 243 g/mol. The molecule has 0 aromatic carbocycles. The maximum atomic E-state index is 11.4. The van der Waals surface area contributed by atoms with E-state index in [1.165, 1.54) is 6.20 Å². The SMILES string of the molecule is CCCNC(=O)CN(C)c1cncc(Cl)n1. The highest BCUT2D eigenvalue weighted by Crippen LogP contribution is 2.10. The minimum Gasteiger partial charge on any atom is -0.355 e. The van der Waals surface area contributed by atoms with Crippen molar-refractivity contribution in [2.24, 2.45) is 0 Å². The van der Waals surface area contributed by atoms with Crippen molar-refractivity contribution in [1.82, 2.24) is 15.3 Å². The van der Waals surface area contributed by atoms with Crippen LogP contribution in [0.2, 0.25) is 5.15 Å². The molecule has 0 aliphatic rings. The number of hydrogen-bond acceptors (Lipinski definition) is 4. The molecule has 1 N–H and O–H groups in total.